The second-order valence-electron chi connectivity index (χ2n) is 5.65. The zero-order valence-electron chi connectivity index (χ0n) is 12.7. The molecule has 1 aliphatic carbocycles. The van der Waals surface area contributed by atoms with Crippen molar-refractivity contribution in [2.24, 2.45) is 5.41 Å². The molecular formula is C18H14BrN3O2. The van der Waals surface area contributed by atoms with Crippen LogP contribution >= 0.6 is 15.9 Å². The number of rotatable bonds is 4. The van der Waals surface area contributed by atoms with E-state index in [1.165, 1.54) is 0 Å². The normalized spacial score (nSPS) is 14.3. The standard InChI is InChI=1S/C18H14BrN3O2/c19-13-5-7-14(8-6-13)21-16(23)18(9-10-18)17(24)22-15-4-2-1-3-12(15)11-20/h1-8H,9-10H2,(H,21,23)(H,22,24). The number of nitriles is 1. The summed E-state index contributed by atoms with van der Waals surface area (Å²) in [5.41, 5.74) is 0.373. The molecule has 0 heterocycles. The Bertz CT molecular complexity index is 836. The van der Waals surface area contributed by atoms with Gasteiger partial charge in [-0.05, 0) is 49.2 Å². The van der Waals surface area contributed by atoms with Gasteiger partial charge in [-0.25, -0.2) is 0 Å². The number of carbonyl (C=O) groups is 2. The van der Waals surface area contributed by atoms with Crippen LogP contribution in [-0.2, 0) is 9.59 Å². The number of halogens is 1. The van der Waals surface area contributed by atoms with Crippen molar-refractivity contribution in [3.05, 3.63) is 58.6 Å². The minimum atomic E-state index is -1.06. The van der Waals surface area contributed by atoms with Crippen LogP contribution in [-0.4, -0.2) is 11.8 Å². The van der Waals surface area contributed by atoms with E-state index in [1.54, 1.807) is 36.4 Å². The molecule has 120 valence electrons. The molecule has 24 heavy (non-hydrogen) atoms. The number of nitrogens with one attached hydrogen (secondary N) is 2. The van der Waals surface area contributed by atoms with Crippen LogP contribution in [0.2, 0.25) is 0 Å². The van der Waals surface area contributed by atoms with Gasteiger partial charge < -0.3 is 10.6 Å². The highest BCUT2D eigenvalue weighted by atomic mass is 79.9. The van der Waals surface area contributed by atoms with Crippen molar-refractivity contribution in [3.8, 4) is 6.07 Å². The van der Waals surface area contributed by atoms with Crippen molar-refractivity contribution in [1.29, 1.82) is 5.26 Å². The van der Waals surface area contributed by atoms with Crippen molar-refractivity contribution in [3.63, 3.8) is 0 Å². The molecule has 2 aromatic carbocycles. The van der Waals surface area contributed by atoms with Crippen molar-refractivity contribution in [2.75, 3.05) is 10.6 Å². The van der Waals surface area contributed by atoms with Gasteiger partial charge in [0.25, 0.3) is 0 Å². The first kappa shape index (κ1) is 16.2. The van der Waals surface area contributed by atoms with Gasteiger partial charge in [0, 0.05) is 10.2 Å². The van der Waals surface area contributed by atoms with Crippen LogP contribution in [0.15, 0.2) is 53.0 Å². The molecule has 5 nitrogen and oxygen atoms in total. The maximum atomic E-state index is 12.6. The first-order chi connectivity index (χ1) is 11.5. The summed E-state index contributed by atoms with van der Waals surface area (Å²) in [7, 11) is 0. The fraction of sp³-hybridized carbons (Fsp3) is 0.167. The van der Waals surface area contributed by atoms with E-state index in [0.717, 1.165) is 4.47 Å². The molecule has 2 N–H and O–H groups in total. The van der Waals surface area contributed by atoms with Crippen LogP contribution in [0.3, 0.4) is 0 Å². The average Bonchev–Trinajstić information content (AvgIpc) is 3.39. The first-order valence-electron chi connectivity index (χ1n) is 7.43. The molecule has 3 rings (SSSR count). The summed E-state index contributed by atoms with van der Waals surface area (Å²) in [6, 6.07) is 15.9. The molecule has 2 amide bonds. The third-order valence-corrected chi connectivity index (χ3v) is 4.55. The maximum absolute atomic E-state index is 12.6. The number of hydrogen-bond acceptors (Lipinski definition) is 3. The number of hydrogen-bond donors (Lipinski definition) is 2. The monoisotopic (exact) mass is 383 g/mol. The number of para-hydroxylation sites is 1. The molecule has 1 aliphatic rings. The quantitative estimate of drug-likeness (QED) is 0.789. The lowest BCUT2D eigenvalue weighted by Gasteiger charge is -2.16. The Morgan fingerprint density at radius 2 is 1.62 bits per heavy atom. The zero-order valence-corrected chi connectivity index (χ0v) is 14.3. The van der Waals surface area contributed by atoms with Crippen LogP contribution < -0.4 is 10.6 Å². The molecule has 0 radical (unpaired) electrons. The van der Waals surface area contributed by atoms with Crippen molar-refractivity contribution < 1.29 is 9.59 Å². The largest absolute Gasteiger partial charge is 0.325 e. The fourth-order valence-corrected chi connectivity index (χ4v) is 2.66. The van der Waals surface area contributed by atoms with Gasteiger partial charge in [-0.3, -0.25) is 9.59 Å². The van der Waals surface area contributed by atoms with Crippen LogP contribution in [0, 0.1) is 16.7 Å². The molecule has 2 aromatic rings. The van der Waals surface area contributed by atoms with Gasteiger partial charge in [0.05, 0.1) is 11.3 Å². The minimum absolute atomic E-state index is 0.322. The average molecular weight is 384 g/mol. The van der Waals surface area contributed by atoms with E-state index in [2.05, 4.69) is 26.6 Å². The van der Waals surface area contributed by atoms with E-state index in [0.29, 0.717) is 29.8 Å². The summed E-state index contributed by atoms with van der Waals surface area (Å²) in [4.78, 5) is 25.1. The van der Waals surface area contributed by atoms with Crippen LogP contribution in [0.1, 0.15) is 18.4 Å². The molecule has 6 heteroatoms. The van der Waals surface area contributed by atoms with Gasteiger partial charge in [-0.2, -0.15) is 5.26 Å². The first-order valence-corrected chi connectivity index (χ1v) is 8.22. The highest BCUT2D eigenvalue weighted by Gasteiger charge is 2.56. The van der Waals surface area contributed by atoms with Crippen LogP contribution in [0.25, 0.3) is 0 Å². The van der Waals surface area contributed by atoms with Gasteiger partial charge in [0.15, 0.2) is 0 Å². The second kappa shape index (κ2) is 6.46. The zero-order chi connectivity index (χ0) is 17.2. The van der Waals surface area contributed by atoms with Gasteiger partial charge in [-0.15, -0.1) is 0 Å². The highest BCUT2D eigenvalue weighted by Crippen LogP contribution is 2.47. The topological polar surface area (TPSA) is 82.0 Å². The van der Waals surface area contributed by atoms with E-state index in [-0.39, 0.29) is 11.8 Å². The van der Waals surface area contributed by atoms with E-state index in [4.69, 9.17) is 5.26 Å². The number of anilines is 2. The van der Waals surface area contributed by atoms with Crippen molar-refractivity contribution in [2.45, 2.75) is 12.8 Å². The molecule has 0 saturated heterocycles. The van der Waals surface area contributed by atoms with E-state index >= 15 is 0 Å². The Morgan fingerprint density at radius 3 is 2.25 bits per heavy atom. The minimum Gasteiger partial charge on any atom is -0.325 e. The third kappa shape index (κ3) is 3.17. The Labute approximate surface area is 147 Å². The molecular weight excluding hydrogens is 370 g/mol. The summed E-state index contributed by atoms with van der Waals surface area (Å²) in [5.74, 6) is -0.698. The lowest BCUT2D eigenvalue weighted by atomic mass is 10.0. The molecule has 0 aromatic heterocycles. The number of carbonyl (C=O) groups excluding carboxylic acids is 2. The Balaban J connectivity index is 1.73. The predicted molar refractivity (Wildman–Crippen MR) is 94.2 cm³/mol. The fourth-order valence-electron chi connectivity index (χ4n) is 2.40. The third-order valence-electron chi connectivity index (χ3n) is 4.02. The molecule has 0 spiro atoms. The lowest BCUT2D eigenvalue weighted by Crippen LogP contribution is -2.35. The molecule has 1 saturated carbocycles. The van der Waals surface area contributed by atoms with Gasteiger partial charge in [-0.1, -0.05) is 28.1 Å². The number of amides is 2. The molecule has 0 bridgehead atoms. The molecule has 0 aliphatic heterocycles. The number of nitrogens with zero attached hydrogens (tertiary/aromatic N) is 1. The van der Waals surface area contributed by atoms with Gasteiger partial charge in [0.1, 0.15) is 11.5 Å². The van der Waals surface area contributed by atoms with Crippen molar-refractivity contribution >= 4 is 39.1 Å². The van der Waals surface area contributed by atoms with E-state index < -0.39 is 5.41 Å². The molecule has 1 fully saturated rings. The summed E-state index contributed by atoms with van der Waals surface area (Å²) in [6.45, 7) is 0. The van der Waals surface area contributed by atoms with Crippen molar-refractivity contribution in [1.82, 2.24) is 0 Å². The predicted octanol–water partition coefficient (Wildman–Crippen LogP) is 3.68. The highest BCUT2D eigenvalue weighted by molar-refractivity contribution is 9.10. The second-order valence-corrected chi connectivity index (χ2v) is 6.57. The van der Waals surface area contributed by atoms with E-state index in [9.17, 15) is 9.59 Å². The summed E-state index contributed by atoms with van der Waals surface area (Å²) in [6.07, 6.45) is 0.992. The van der Waals surface area contributed by atoms with Crippen LogP contribution in [0.5, 0.6) is 0 Å². The summed E-state index contributed by atoms with van der Waals surface area (Å²) >= 11 is 3.33. The Morgan fingerprint density at radius 1 is 1.00 bits per heavy atom. The maximum Gasteiger partial charge on any atom is 0.240 e. The SMILES string of the molecule is N#Cc1ccccc1NC(=O)C1(C(=O)Nc2ccc(Br)cc2)CC1. The number of benzene rings is 2. The molecule has 0 atom stereocenters. The Kier molecular flexibility index (Phi) is 4.36. The lowest BCUT2D eigenvalue weighted by molar-refractivity contribution is -0.131. The summed E-state index contributed by atoms with van der Waals surface area (Å²) < 4.78 is 0.910. The van der Waals surface area contributed by atoms with Gasteiger partial charge >= 0.3 is 0 Å². The Hall–Kier alpha value is -2.65. The molecule has 0 unspecified atom stereocenters. The van der Waals surface area contributed by atoms with Crippen LogP contribution in [0.4, 0.5) is 11.4 Å². The summed E-state index contributed by atoms with van der Waals surface area (Å²) in [5, 5.41) is 14.6. The van der Waals surface area contributed by atoms with E-state index in [1.807, 2.05) is 18.2 Å². The smallest absolute Gasteiger partial charge is 0.240 e. The van der Waals surface area contributed by atoms with Gasteiger partial charge in [0.2, 0.25) is 11.8 Å².